The molecule has 1 N–H and O–H groups in total. The first-order chi connectivity index (χ1) is 7.76. The van der Waals surface area contributed by atoms with E-state index in [1.54, 1.807) is 0 Å². The van der Waals surface area contributed by atoms with E-state index in [0.29, 0.717) is 6.10 Å². The van der Waals surface area contributed by atoms with E-state index < -0.39 is 0 Å². The van der Waals surface area contributed by atoms with E-state index in [9.17, 15) is 0 Å². The lowest BCUT2D eigenvalue weighted by molar-refractivity contribution is 0.180. The molecule has 98 valence electrons. The fourth-order valence-corrected chi connectivity index (χ4v) is 1.72. The zero-order valence-electron chi connectivity index (χ0n) is 10.4. The molecule has 0 saturated heterocycles. The summed E-state index contributed by atoms with van der Waals surface area (Å²) in [7, 11) is 1.96. The molecule has 1 aromatic carbocycles. The Kier molecular flexibility index (Phi) is 9.33. The van der Waals surface area contributed by atoms with Crippen LogP contribution < -0.4 is 10.1 Å². The van der Waals surface area contributed by atoms with Crippen LogP contribution in [0.1, 0.15) is 26.2 Å². The summed E-state index contributed by atoms with van der Waals surface area (Å²) < 4.78 is 5.91. The molecule has 1 aromatic rings. The number of benzene rings is 1. The lowest BCUT2D eigenvalue weighted by Gasteiger charge is -2.18. The van der Waals surface area contributed by atoms with Gasteiger partial charge in [-0.3, -0.25) is 0 Å². The molecule has 4 heteroatoms. The summed E-state index contributed by atoms with van der Waals surface area (Å²) in [6, 6.07) is 7.56. The fourth-order valence-electron chi connectivity index (χ4n) is 1.60. The molecule has 0 amide bonds. The maximum Gasteiger partial charge on any atom is 0.119 e. The molecule has 1 rings (SSSR count). The van der Waals surface area contributed by atoms with Gasteiger partial charge in [0.2, 0.25) is 0 Å². The Hall–Kier alpha value is -0.440. The molecule has 0 heterocycles. The van der Waals surface area contributed by atoms with Gasteiger partial charge in [-0.15, -0.1) is 12.4 Å². The van der Waals surface area contributed by atoms with Gasteiger partial charge in [0.05, 0.1) is 6.10 Å². The molecule has 0 bridgehead atoms. The largest absolute Gasteiger partial charge is 0.490 e. The minimum atomic E-state index is 0. The van der Waals surface area contributed by atoms with Crippen LogP contribution in [0, 0.1) is 0 Å². The third-order valence-electron chi connectivity index (χ3n) is 2.44. The molecule has 17 heavy (non-hydrogen) atoms. The van der Waals surface area contributed by atoms with Crippen molar-refractivity contribution in [3.8, 4) is 5.75 Å². The molecule has 0 aliphatic heterocycles. The Bertz CT molecular complexity index is 290. The highest BCUT2D eigenvalue weighted by Gasteiger charge is 2.08. The molecular weight excluding hydrogens is 257 g/mol. The summed E-state index contributed by atoms with van der Waals surface area (Å²) in [4.78, 5) is 0. The number of rotatable bonds is 7. The minimum Gasteiger partial charge on any atom is -0.490 e. The highest BCUT2D eigenvalue weighted by Crippen LogP contribution is 2.19. The van der Waals surface area contributed by atoms with Crippen molar-refractivity contribution in [3.63, 3.8) is 0 Å². The van der Waals surface area contributed by atoms with Crippen molar-refractivity contribution in [2.24, 2.45) is 0 Å². The van der Waals surface area contributed by atoms with Crippen LogP contribution in [0.5, 0.6) is 5.75 Å². The molecule has 0 aliphatic carbocycles. The monoisotopic (exact) mass is 277 g/mol. The summed E-state index contributed by atoms with van der Waals surface area (Å²) in [6.45, 7) is 3.16. The Morgan fingerprint density at radius 1 is 1.24 bits per heavy atom. The number of nitrogens with one attached hydrogen (secondary N) is 1. The maximum absolute atomic E-state index is 5.91. The summed E-state index contributed by atoms with van der Waals surface area (Å²) in [5.74, 6) is 0.902. The van der Waals surface area contributed by atoms with Crippen LogP contribution in [0.25, 0.3) is 0 Å². The Morgan fingerprint density at radius 3 is 2.41 bits per heavy atom. The Morgan fingerprint density at radius 2 is 1.88 bits per heavy atom. The van der Waals surface area contributed by atoms with Crippen molar-refractivity contribution in [3.05, 3.63) is 29.3 Å². The van der Waals surface area contributed by atoms with E-state index in [1.165, 1.54) is 0 Å². The van der Waals surface area contributed by atoms with Crippen molar-refractivity contribution >= 4 is 24.0 Å². The fraction of sp³-hybridized carbons (Fsp3) is 0.538. The molecule has 0 unspecified atom stereocenters. The first kappa shape index (κ1) is 16.6. The van der Waals surface area contributed by atoms with Gasteiger partial charge in [-0.25, -0.2) is 0 Å². The van der Waals surface area contributed by atoms with Gasteiger partial charge in [-0.05, 0) is 50.7 Å². The van der Waals surface area contributed by atoms with Crippen LogP contribution in [0.4, 0.5) is 0 Å². The van der Waals surface area contributed by atoms with E-state index in [4.69, 9.17) is 16.3 Å². The number of hydrogen-bond donors (Lipinski definition) is 1. The first-order valence-electron chi connectivity index (χ1n) is 5.83. The zero-order valence-corrected chi connectivity index (χ0v) is 12.0. The van der Waals surface area contributed by atoms with Gasteiger partial charge in [0.25, 0.3) is 0 Å². The second-order valence-corrected chi connectivity index (χ2v) is 4.31. The lowest BCUT2D eigenvalue weighted by atomic mass is 10.1. The molecular formula is C13H21Cl2NO. The summed E-state index contributed by atoms with van der Waals surface area (Å²) in [5, 5.41) is 3.90. The number of ether oxygens (including phenoxy) is 1. The molecule has 0 spiro atoms. The van der Waals surface area contributed by atoms with Crippen molar-refractivity contribution in [2.45, 2.75) is 32.3 Å². The van der Waals surface area contributed by atoms with Crippen LogP contribution in [-0.4, -0.2) is 19.7 Å². The predicted molar refractivity (Wildman–Crippen MR) is 76.6 cm³/mol. The highest BCUT2D eigenvalue weighted by atomic mass is 35.5. The Balaban J connectivity index is 0.00000256. The number of halogens is 2. The lowest BCUT2D eigenvalue weighted by Crippen LogP contribution is -2.22. The van der Waals surface area contributed by atoms with Crippen molar-refractivity contribution < 1.29 is 4.74 Å². The molecule has 0 radical (unpaired) electrons. The van der Waals surface area contributed by atoms with Gasteiger partial charge in [-0.1, -0.05) is 24.9 Å². The van der Waals surface area contributed by atoms with Crippen molar-refractivity contribution in [1.29, 1.82) is 0 Å². The number of hydrogen-bond acceptors (Lipinski definition) is 2. The maximum atomic E-state index is 5.91. The zero-order chi connectivity index (χ0) is 11.8. The summed E-state index contributed by atoms with van der Waals surface area (Å²) in [6.07, 6.45) is 3.55. The van der Waals surface area contributed by atoms with E-state index in [2.05, 4.69) is 12.2 Å². The summed E-state index contributed by atoms with van der Waals surface area (Å²) in [5.41, 5.74) is 0. The standard InChI is InChI=1S/C13H20ClNO.ClH/c1-3-4-12(9-10-15-2)16-13-7-5-11(14)6-8-13;/h5-8,12,15H,3-4,9-10H2,1-2H3;1H/t12-;/m1./s1. The van der Waals surface area contributed by atoms with Gasteiger partial charge in [0.1, 0.15) is 5.75 Å². The summed E-state index contributed by atoms with van der Waals surface area (Å²) >= 11 is 5.83. The molecule has 0 aromatic heterocycles. The smallest absolute Gasteiger partial charge is 0.119 e. The van der Waals surface area contributed by atoms with Crippen LogP contribution in [0.15, 0.2) is 24.3 Å². The van der Waals surface area contributed by atoms with E-state index in [0.717, 1.165) is 36.6 Å². The molecule has 0 saturated carbocycles. The van der Waals surface area contributed by atoms with E-state index in [1.807, 2.05) is 31.3 Å². The average molecular weight is 278 g/mol. The van der Waals surface area contributed by atoms with Gasteiger partial charge < -0.3 is 10.1 Å². The van der Waals surface area contributed by atoms with Crippen molar-refractivity contribution in [2.75, 3.05) is 13.6 Å². The van der Waals surface area contributed by atoms with Crippen molar-refractivity contribution in [1.82, 2.24) is 5.32 Å². The minimum absolute atomic E-state index is 0. The Labute approximate surface area is 115 Å². The predicted octanol–water partition coefficient (Wildman–Crippen LogP) is 3.92. The average Bonchev–Trinajstić information content (AvgIpc) is 2.29. The molecule has 1 atom stereocenters. The first-order valence-corrected chi connectivity index (χ1v) is 6.21. The molecule has 2 nitrogen and oxygen atoms in total. The highest BCUT2D eigenvalue weighted by molar-refractivity contribution is 6.30. The molecule has 0 fully saturated rings. The van der Waals surface area contributed by atoms with E-state index in [-0.39, 0.29) is 12.4 Å². The van der Waals surface area contributed by atoms with Gasteiger partial charge in [-0.2, -0.15) is 0 Å². The van der Waals surface area contributed by atoms with Crippen LogP contribution in [-0.2, 0) is 0 Å². The van der Waals surface area contributed by atoms with E-state index >= 15 is 0 Å². The molecule has 0 aliphatic rings. The van der Waals surface area contributed by atoms with Crippen LogP contribution in [0.3, 0.4) is 0 Å². The normalized spacial score (nSPS) is 11.7. The second-order valence-electron chi connectivity index (χ2n) is 3.87. The SMILES string of the molecule is CCC[C@H](CCNC)Oc1ccc(Cl)cc1.Cl. The second kappa shape index (κ2) is 9.58. The van der Waals surface area contributed by atoms with Gasteiger partial charge in [0, 0.05) is 5.02 Å². The van der Waals surface area contributed by atoms with Gasteiger partial charge >= 0.3 is 0 Å². The third-order valence-corrected chi connectivity index (χ3v) is 2.70. The van der Waals surface area contributed by atoms with Gasteiger partial charge in [0.15, 0.2) is 0 Å². The third kappa shape index (κ3) is 6.77. The quantitative estimate of drug-likeness (QED) is 0.816. The van der Waals surface area contributed by atoms with Crippen LogP contribution in [0.2, 0.25) is 5.02 Å². The van der Waals surface area contributed by atoms with Crippen LogP contribution >= 0.6 is 24.0 Å². The topological polar surface area (TPSA) is 21.3 Å².